The van der Waals surface area contributed by atoms with Gasteiger partial charge in [0, 0.05) is 16.6 Å². The molecule has 1 aliphatic carbocycles. The van der Waals surface area contributed by atoms with Crippen LogP contribution in [-0.4, -0.2) is 42.9 Å². The molecule has 1 aliphatic rings. The lowest BCUT2D eigenvalue weighted by Crippen LogP contribution is -2.20. The van der Waals surface area contributed by atoms with Crippen LogP contribution in [0.2, 0.25) is 5.02 Å². The molecule has 3 N–H and O–H groups in total. The van der Waals surface area contributed by atoms with E-state index in [1.165, 1.54) is 36.5 Å². The van der Waals surface area contributed by atoms with E-state index in [1.54, 1.807) is 6.07 Å². The summed E-state index contributed by atoms with van der Waals surface area (Å²) in [5.74, 6) is 0.160. The number of amides is 1. The van der Waals surface area contributed by atoms with E-state index in [0.717, 1.165) is 37.1 Å². The van der Waals surface area contributed by atoms with Crippen LogP contribution in [0.1, 0.15) is 43.7 Å². The highest BCUT2D eigenvalue weighted by atomic mass is 35.5. The van der Waals surface area contributed by atoms with Gasteiger partial charge in [-0.3, -0.25) is 9.36 Å². The number of phenols is 2. The number of nitrogens with one attached hydrogen (secondary N) is 1. The SMILES string of the molecule is O=C(CSc1nnc(-c2ccc(Cl)cc2)n1C1CCCCC1)N/N=C\c1ccc(O)c(O)c1. The summed E-state index contributed by atoms with van der Waals surface area (Å²) in [6.07, 6.45) is 7.07. The molecule has 1 fully saturated rings. The maximum absolute atomic E-state index is 12.3. The number of aromatic hydroxyl groups is 2. The Balaban J connectivity index is 1.44. The highest BCUT2D eigenvalue weighted by Crippen LogP contribution is 2.35. The van der Waals surface area contributed by atoms with Gasteiger partial charge < -0.3 is 10.2 Å². The lowest BCUT2D eigenvalue weighted by molar-refractivity contribution is -0.118. The summed E-state index contributed by atoms with van der Waals surface area (Å²) >= 11 is 7.37. The van der Waals surface area contributed by atoms with Crippen molar-refractivity contribution >= 4 is 35.5 Å². The van der Waals surface area contributed by atoms with Gasteiger partial charge in [0.25, 0.3) is 5.91 Å². The van der Waals surface area contributed by atoms with Crippen molar-refractivity contribution < 1.29 is 15.0 Å². The molecule has 33 heavy (non-hydrogen) atoms. The van der Waals surface area contributed by atoms with E-state index in [4.69, 9.17) is 11.6 Å². The summed E-state index contributed by atoms with van der Waals surface area (Å²) in [5, 5.41) is 33.0. The standard InChI is InChI=1S/C23H24ClN5O3S/c24-17-9-7-16(8-10-17)22-27-28-23(29(22)18-4-2-1-3-5-18)33-14-21(32)26-25-13-15-6-11-19(30)20(31)12-15/h6-13,18,30-31H,1-5,14H2,(H,26,32)/b25-13-. The summed E-state index contributed by atoms with van der Waals surface area (Å²) in [6.45, 7) is 0. The number of aromatic nitrogens is 3. The normalized spacial score (nSPS) is 14.6. The quantitative estimate of drug-likeness (QED) is 0.192. The molecule has 0 unspecified atom stereocenters. The first-order chi connectivity index (χ1) is 16.0. The average Bonchev–Trinajstić information content (AvgIpc) is 3.25. The van der Waals surface area contributed by atoms with Gasteiger partial charge in [-0.25, -0.2) is 5.43 Å². The van der Waals surface area contributed by atoms with Crippen LogP contribution in [0.4, 0.5) is 0 Å². The number of phenolic OH excluding ortho intramolecular Hbond substituents is 2. The largest absolute Gasteiger partial charge is 0.504 e. The molecule has 1 saturated carbocycles. The van der Waals surface area contributed by atoms with E-state index < -0.39 is 0 Å². The van der Waals surface area contributed by atoms with Crippen LogP contribution in [0.3, 0.4) is 0 Å². The van der Waals surface area contributed by atoms with Gasteiger partial charge in [-0.1, -0.05) is 42.6 Å². The van der Waals surface area contributed by atoms with Crippen LogP contribution in [0.5, 0.6) is 11.5 Å². The first kappa shape index (κ1) is 23.1. The van der Waals surface area contributed by atoms with Gasteiger partial charge in [-0.05, 0) is 60.9 Å². The van der Waals surface area contributed by atoms with Gasteiger partial charge in [0.2, 0.25) is 0 Å². The molecule has 0 radical (unpaired) electrons. The number of hydrogen-bond acceptors (Lipinski definition) is 7. The molecule has 0 atom stereocenters. The van der Waals surface area contributed by atoms with E-state index in [1.807, 2.05) is 24.3 Å². The third-order valence-corrected chi connectivity index (χ3v) is 6.64. The van der Waals surface area contributed by atoms with Crippen LogP contribution in [0.15, 0.2) is 52.7 Å². The Hall–Kier alpha value is -3.04. The molecule has 0 bridgehead atoms. The number of rotatable bonds is 7. The van der Waals surface area contributed by atoms with Crippen molar-refractivity contribution in [2.75, 3.05) is 5.75 Å². The minimum absolute atomic E-state index is 0.129. The van der Waals surface area contributed by atoms with Crippen LogP contribution < -0.4 is 5.43 Å². The Labute approximate surface area is 200 Å². The van der Waals surface area contributed by atoms with Crippen LogP contribution in [0, 0.1) is 0 Å². The number of hydrogen-bond donors (Lipinski definition) is 3. The first-order valence-corrected chi connectivity index (χ1v) is 12.0. The Bertz CT molecular complexity index is 1140. The van der Waals surface area contributed by atoms with Gasteiger partial charge in [-0.15, -0.1) is 10.2 Å². The van der Waals surface area contributed by atoms with Crippen molar-refractivity contribution in [1.82, 2.24) is 20.2 Å². The zero-order valence-electron chi connectivity index (χ0n) is 17.8. The average molecular weight is 486 g/mol. The molecule has 0 aliphatic heterocycles. The number of halogens is 1. The van der Waals surface area contributed by atoms with E-state index in [0.29, 0.717) is 21.8 Å². The fourth-order valence-corrected chi connectivity index (χ4v) is 4.73. The Kier molecular flexibility index (Phi) is 7.51. The van der Waals surface area contributed by atoms with Gasteiger partial charge in [-0.2, -0.15) is 5.10 Å². The smallest absolute Gasteiger partial charge is 0.250 e. The topological polar surface area (TPSA) is 113 Å². The maximum Gasteiger partial charge on any atom is 0.250 e. The second kappa shape index (κ2) is 10.7. The molecule has 1 amide bonds. The predicted molar refractivity (Wildman–Crippen MR) is 129 cm³/mol. The fourth-order valence-electron chi connectivity index (χ4n) is 3.80. The Morgan fingerprint density at radius 2 is 1.88 bits per heavy atom. The highest BCUT2D eigenvalue weighted by Gasteiger charge is 2.24. The molecule has 4 rings (SSSR count). The van der Waals surface area contributed by atoms with Crippen LogP contribution >= 0.6 is 23.4 Å². The third-order valence-electron chi connectivity index (χ3n) is 5.44. The molecular formula is C23H24ClN5O3S. The van der Waals surface area contributed by atoms with Crippen molar-refractivity contribution in [3.63, 3.8) is 0 Å². The molecule has 2 aromatic carbocycles. The van der Waals surface area contributed by atoms with E-state index in [2.05, 4.69) is 25.3 Å². The molecule has 10 heteroatoms. The minimum atomic E-state index is -0.287. The molecule has 0 spiro atoms. The fraction of sp³-hybridized carbons (Fsp3) is 0.304. The number of thioether (sulfide) groups is 1. The summed E-state index contributed by atoms with van der Waals surface area (Å²) < 4.78 is 2.16. The van der Waals surface area contributed by atoms with Gasteiger partial charge in [0.05, 0.1) is 12.0 Å². The molecule has 0 saturated heterocycles. The summed E-state index contributed by atoms with van der Waals surface area (Å²) in [6, 6.07) is 12.1. The number of carbonyl (C=O) groups excluding carboxylic acids is 1. The molecular weight excluding hydrogens is 462 g/mol. The summed E-state index contributed by atoms with van der Waals surface area (Å²) in [4.78, 5) is 12.3. The van der Waals surface area contributed by atoms with Crippen molar-refractivity contribution in [3.05, 3.63) is 53.1 Å². The van der Waals surface area contributed by atoms with Crippen LogP contribution in [0.25, 0.3) is 11.4 Å². The first-order valence-electron chi connectivity index (χ1n) is 10.7. The summed E-state index contributed by atoms with van der Waals surface area (Å²) in [7, 11) is 0. The lowest BCUT2D eigenvalue weighted by Gasteiger charge is -2.25. The Morgan fingerprint density at radius 1 is 1.12 bits per heavy atom. The lowest BCUT2D eigenvalue weighted by atomic mass is 9.95. The molecule has 3 aromatic rings. The summed E-state index contributed by atoms with van der Waals surface area (Å²) in [5.41, 5.74) is 3.96. The van der Waals surface area contributed by atoms with E-state index in [9.17, 15) is 15.0 Å². The number of hydrazone groups is 1. The van der Waals surface area contributed by atoms with Gasteiger partial charge >= 0.3 is 0 Å². The monoisotopic (exact) mass is 485 g/mol. The van der Waals surface area contributed by atoms with Crippen molar-refractivity contribution in [2.24, 2.45) is 5.10 Å². The number of benzene rings is 2. The maximum atomic E-state index is 12.3. The van der Waals surface area contributed by atoms with Gasteiger partial charge in [0.15, 0.2) is 22.5 Å². The zero-order valence-corrected chi connectivity index (χ0v) is 19.4. The molecule has 1 heterocycles. The van der Waals surface area contributed by atoms with Crippen LogP contribution in [-0.2, 0) is 4.79 Å². The molecule has 172 valence electrons. The number of carbonyl (C=O) groups is 1. The van der Waals surface area contributed by atoms with E-state index in [-0.39, 0.29) is 23.2 Å². The zero-order chi connectivity index (χ0) is 23.2. The highest BCUT2D eigenvalue weighted by molar-refractivity contribution is 7.99. The minimum Gasteiger partial charge on any atom is -0.504 e. The van der Waals surface area contributed by atoms with Crippen molar-refractivity contribution in [1.29, 1.82) is 0 Å². The predicted octanol–water partition coefficient (Wildman–Crippen LogP) is 4.76. The number of nitrogens with zero attached hydrogens (tertiary/aromatic N) is 4. The third kappa shape index (κ3) is 5.85. The second-order valence-corrected chi connectivity index (χ2v) is 9.18. The van der Waals surface area contributed by atoms with Gasteiger partial charge in [0.1, 0.15) is 0 Å². The molecule has 8 nitrogen and oxygen atoms in total. The second-order valence-electron chi connectivity index (χ2n) is 7.80. The van der Waals surface area contributed by atoms with Crippen molar-refractivity contribution in [3.8, 4) is 22.9 Å². The Morgan fingerprint density at radius 3 is 2.61 bits per heavy atom. The van der Waals surface area contributed by atoms with Crippen molar-refractivity contribution in [2.45, 2.75) is 43.3 Å². The molecule has 1 aromatic heterocycles. The van der Waals surface area contributed by atoms with E-state index >= 15 is 0 Å².